The van der Waals surface area contributed by atoms with E-state index in [1.165, 1.54) is 0 Å². The molecule has 26 heavy (non-hydrogen) atoms. The molecule has 0 saturated carbocycles. The molecule has 1 fully saturated rings. The highest BCUT2D eigenvalue weighted by atomic mass is 16.6. The monoisotopic (exact) mass is 359 g/mol. The highest BCUT2D eigenvalue weighted by molar-refractivity contribution is 5.95. The maximum atomic E-state index is 12.7. The summed E-state index contributed by atoms with van der Waals surface area (Å²) in [5.41, 5.74) is 2.79. The van der Waals surface area contributed by atoms with Gasteiger partial charge in [-0.2, -0.15) is 0 Å². The van der Waals surface area contributed by atoms with Crippen LogP contribution in [-0.2, 0) is 14.3 Å². The molecule has 0 bridgehead atoms. The van der Waals surface area contributed by atoms with Crippen LogP contribution in [0.4, 0.5) is 10.5 Å². The third-order valence-electron chi connectivity index (χ3n) is 4.66. The van der Waals surface area contributed by atoms with Crippen LogP contribution in [0.1, 0.15) is 31.4 Å². The Kier molecular flexibility index (Phi) is 5.46. The second-order valence-electron chi connectivity index (χ2n) is 6.79. The number of anilines is 1. The summed E-state index contributed by atoms with van der Waals surface area (Å²) >= 11 is 0. The standard InChI is InChI=1S/C19H25N3O4/c1-12-16(18(23)26-11-15-5-4-10-25-15)17(21-19(24)20-12)13-6-8-14(9-7-13)22(2)3/h6-9,15,17H,4-5,10-11H2,1-3H3,(H2,20,21,24)/t15-,17-/m0/s1. The van der Waals surface area contributed by atoms with Gasteiger partial charge >= 0.3 is 12.0 Å². The number of benzene rings is 1. The van der Waals surface area contributed by atoms with E-state index >= 15 is 0 Å². The summed E-state index contributed by atoms with van der Waals surface area (Å²) < 4.78 is 11.0. The summed E-state index contributed by atoms with van der Waals surface area (Å²) in [6.45, 7) is 2.65. The predicted molar refractivity (Wildman–Crippen MR) is 97.8 cm³/mol. The fourth-order valence-corrected chi connectivity index (χ4v) is 3.20. The van der Waals surface area contributed by atoms with Crippen molar-refractivity contribution in [1.82, 2.24) is 10.6 Å². The van der Waals surface area contributed by atoms with Crippen LogP contribution in [0, 0.1) is 0 Å². The van der Waals surface area contributed by atoms with Crippen molar-refractivity contribution in [2.75, 3.05) is 32.2 Å². The Morgan fingerprint density at radius 2 is 2.04 bits per heavy atom. The summed E-state index contributed by atoms with van der Waals surface area (Å²) in [6, 6.07) is 6.85. The van der Waals surface area contributed by atoms with Gasteiger partial charge in [0.2, 0.25) is 0 Å². The molecule has 0 radical (unpaired) electrons. The summed E-state index contributed by atoms with van der Waals surface area (Å²) in [5.74, 6) is -0.438. The molecular weight excluding hydrogens is 334 g/mol. The van der Waals surface area contributed by atoms with E-state index in [1.807, 2.05) is 43.3 Å². The minimum atomic E-state index is -0.544. The van der Waals surface area contributed by atoms with Crippen molar-refractivity contribution in [3.05, 3.63) is 41.1 Å². The van der Waals surface area contributed by atoms with Crippen molar-refractivity contribution in [2.45, 2.75) is 31.9 Å². The van der Waals surface area contributed by atoms with E-state index in [4.69, 9.17) is 9.47 Å². The lowest BCUT2D eigenvalue weighted by atomic mass is 9.95. The van der Waals surface area contributed by atoms with Gasteiger partial charge in [0.15, 0.2) is 0 Å². The molecule has 2 amide bonds. The van der Waals surface area contributed by atoms with Crippen molar-refractivity contribution in [3.63, 3.8) is 0 Å². The Hall–Kier alpha value is -2.54. The van der Waals surface area contributed by atoms with Gasteiger partial charge in [0.05, 0.1) is 17.7 Å². The number of hydrogen-bond donors (Lipinski definition) is 2. The maximum Gasteiger partial charge on any atom is 0.338 e. The topological polar surface area (TPSA) is 79.9 Å². The van der Waals surface area contributed by atoms with Gasteiger partial charge in [0, 0.05) is 32.1 Å². The maximum absolute atomic E-state index is 12.7. The summed E-state index contributed by atoms with van der Waals surface area (Å²) in [6.07, 6.45) is 1.85. The lowest BCUT2D eigenvalue weighted by Gasteiger charge is -2.28. The van der Waals surface area contributed by atoms with Crippen LogP contribution in [0.25, 0.3) is 0 Å². The molecule has 7 nitrogen and oxygen atoms in total. The smallest absolute Gasteiger partial charge is 0.338 e. The quantitative estimate of drug-likeness (QED) is 0.787. The van der Waals surface area contributed by atoms with Gasteiger partial charge in [-0.05, 0) is 37.5 Å². The van der Waals surface area contributed by atoms with Crippen LogP contribution in [0.15, 0.2) is 35.5 Å². The van der Waals surface area contributed by atoms with Crippen LogP contribution in [-0.4, -0.2) is 45.4 Å². The van der Waals surface area contributed by atoms with E-state index in [2.05, 4.69) is 10.6 Å². The van der Waals surface area contributed by atoms with Crippen molar-refractivity contribution >= 4 is 17.7 Å². The van der Waals surface area contributed by atoms with Gasteiger partial charge in [0.1, 0.15) is 6.61 Å². The molecule has 1 aromatic carbocycles. The third-order valence-corrected chi connectivity index (χ3v) is 4.66. The van der Waals surface area contributed by atoms with Crippen molar-refractivity contribution in [2.24, 2.45) is 0 Å². The van der Waals surface area contributed by atoms with Gasteiger partial charge in [-0.1, -0.05) is 12.1 Å². The average Bonchev–Trinajstić information content (AvgIpc) is 3.12. The van der Waals surface area contributed by atoms with Crippen LogP contribution in [0.3, 0.4) is 0 Å². The summed E-state index contributed by atoms with van der Waals surface area (Å²) in [7, 11) is 3.92. The van der Waals surface area contributed by atoms with Crippen LogP contribution in [0.2, 0.25) is 0 Å². The number of esters is 1. The zero-order valence-corrected chi connectivity index (χ0v) is 15.4. The molecule has 2 aliphatic heterocycles. The predicted octanol–water partition coefficient (Wildman–Crippen LogP) is 2.10. The van der Waals surface area contributed by atoms with Gasteiger partial charge in [-0.3, -0.25) is 0 Å². The molecule has 0 aromatic heterocycles. The number of rotatable bonds is 5. The number of carbonyl (C=O) groups excluding carboxylic acids is 2. The first kappa shape index (κ1) is 18.3. The lowest BCUT2D eigenvalue weighted by Crippen LogP contribution is -2.45. The molecule has 0 unspecified atom stereocenters. The lowest BCUT2D eigenvalue weighted by molar-refractivity contribution is -0.142. The largest absolute Gasteiger partial charge is 0.459 e. The first-order valence-electron chi connectivity index (χ1n) is 8.80. The number of nitrogens with one attached hydrogen (secondary N) is 2. The van der Waals surface area contributed by atoms with Crippen molar-refractivity contribution in [1.29, 1.82) is 0 Å². The highest BCUT2D eigenvalue weighted by Gasteiger charge is 2.32. The van der Waals surface area contributed by atoms with E-state index in [0.29, 0.717) is 17.9 Å². The SMILES string of the molecule is CC1=C(C(=O)OC[C@@H]2CCCO2)[C@H](c2ccc(N(C)C)cc2)NC(=O)N1. The second kappa shape index (κ2) is 7.78. The summed E-state index contributed by atoms with van der Waals surface area (Å²) in [4.78, 5) is 26.6. The fourth-order valence-electron chi connectivity index (χ4n) is 3.20. The van der Waals surface area contributed by atoms with E-state index < -0.39 is 12.0 Å². The van der Waals surface area contributed by atoms with Crippen molar-refractivity contribution in [3.8, 4) is 0 Å². The molecule has 0 spiro atoms. The molecular formula is C19H25N3O4. The number of allylic oxidation sites excluding steroid dienone is 1. The zero-order chi connectivity index (χ0) is 18.7. The number of nitrogens with zero attached hydrogens (tertiary/aromatic N) is 1. The Morgan fingerprint density at radius 3 is 2.65 bits per heavy atom. The molecule has 1 saturated heterocycles. The molecule has 0 aliphatic carbocycles. The number of urea groups is 1. The molecule has 140 valence electrons. The molecule has 2 atom stereocenters. The van der Waals surface area contributed by atoms with E-state index in [9.17, 15) is 9.59 Å². The first-order valence-corrected chi connectivity index (χ1v) is 8.80. The Labute approximate surface area is 153 Å². The van der Waals surface area contributed by atoms with Crippen LogP contribution in [0.5, 0.6) is 0 Å². The van der Waals surface area contributed by atoms with E-state index in [-0.39, 0.29) is 18.7 Å². The Balaban J connectivity index is 1.80. The molecule has 7 heteroatoms. The minimum absolute atomic E-state index is 0.0381. The number of carbonyl (C=O) groups is 2. The van der Waals surface area contributed by atoms with Gasteiger partial charge in [-0.15, -0.1) is 0 Å². The van der Waals surface area contributed by atoms with Gasteiger partial charge in [-0.25, -0.2) is 9.59 Å². The van der Waals surface area contributed by atoms with Gasteiger partial charge in [0.25, 0.3) is 0 Å². The van der Waals surface area contributed by atoms with E-state index in [0.717, 1.165) is 24.1 Å². The average molecular weight is 359 g/mol. The molecule has 1 aromatic rings. The van der Waals surface area contributed by atoms with Crippen LogP contribution >= 0.6 is 0 Å². The molecule has 2 heterocycles. The fraction of sp³-hybridized carbons (Fsp3) is 0.474. The number of hydrogen-bond acceptors (Lipinski definition) is 5. The summed E-state index contributed by atoms with van der Waals surface area (Å²) in [5, 5.41) is 5.47. The number of amides is 2. The molecule has 2 aliphatic rings. The second-order valence-corrected chi connectivity index (χ2v) is 6.79. The molecule has 2 N–H and O–H groups in total. The first-order chi connectivity index (χ1) is 12.5. The number of ether oxygens (including phenoxy) is 2. The Bertz CT molecular complexity index is 706. The normalized spacial score (nSPS) is 22.7. The van der Waals surface area contributed by atoms with E-state index in [1.54, 1.807) is 6.92 Å². The molecule has 3 rings (SSSR count). The Morgan fingerprint density at radius 1 is 1.31 bits per heavy atom. The highest BCUT2D eigenvalue weighted by Crippen LogP contribution is 2.29. The van der Waals surface area contributed by atoms with Crippen molar-refractivity contribution < 1.29 is 19.1 Å². The van der Waals surface area contributed by atoms with Crippen LogP contribution < -0.4 is 15.5 Å². The third kappa shape index (κ3) is 3.99. The zero-order valence-electron chi connectivity index (χ0n) is 15.4. The van der Waals surface area contributed by atoms with Gasteiger partial charge < -0.3 is 25.0 Å². The minimum Gasteiger partial charge on any atom is -0.459 e.